The molecule has 0 saturated carbocycles. The number of benzene rings is 1. The molecule has 2 aromatic rings. The quantitative estimate of drug-likeness (QED) is 0.835. The first-order valence-electron chi connectivity index (χ1n) is 5.92. The van der Waals surface area contributed by atoms with E-state index in [9.17, 15) is 9.18 Å². The molecule has 1 aromatic carbocycles. The molecule has 7 heteroatoms. The molecule has 1 heterocycles. The predicted molar refractivity (Wildman–Crippen MR) is 74.6 cm³/mol. The van der Waals surface area contributed by atoms with E-state index in [2.05, 4.69) is 14.9 Å². The second-order valence-corrected chi connectivity index (χ2v) is 6.08. The van der Waals surface area contributed by atoms with Crippen LogP contribution in [-0.4, -0.2) is 20.6 Å². The van der Waals surface area contributed by atoms with Crippen molar-refractivity contribution in [3.8, 4) is 5.75 Å². The first-order chi connectivity index (χ1) is 9.29. The fourth-order valence-corrected chi connectivity index (χ4v) is 2.37. The topological polar surface area (TPSA) is 75.1 Å². The number of aromatic hydroxyl groups is 1. The van der Waals surface area contributed by atoms with Crippen molar-refractivity contribution >= 4 is 23.1 Å². The molecule has 0 unspecified atom stereocenters. The van der Waals surface area contributed by atoms with Crippen LogP contribution in [0.3, 0.4) is 0 Å². The van der Waals surface area contributed by atoms with Gasteiger partial charge in [-0.3, -0.25) is 4.79 Å². The van der Waals surface area contributed by atoms with Crippen LogP contribution < -0.4 is 5.32 Å². The number of anilines is 1. The fourth-order valence-electron chi connectivity index (χ4n) is 1.60. The van der Waals surface area contributed by atoms with E-state index in [4.69, 9.17) is 5.11 Å². The van der Waals surface area contributed by atoms with Crippen LogP contribution in [-0.2, 0) is 5.41 Å². The van der Waals surface area contributed by atoms with Gasteiger partial charge in [0.25, 0.3) is 5.91 Å². The number of phenolic OH excluding ortho intramolecular Hbond substituents is 1. The van der Waals surface area contributed by atoms with E-state index in [-0.39, 0.29) is 11.1 Å². The molecule has 0 bridgehead atoms. The number of amides is 1. The van der Waals surface area contributed by atoms with Gasteiger partial charge in [-0.25, -0.2) is 4.39 Å². The van der Waals surface area contributed by atoms with Crippen molar-refractivity contribution in [1.82, 2.24) is 9.59 Å². The normalized spacial score (nSPS) is 11.4. The van der Waals surface area contributed by atoms with Gasteiger partial charge >= 0.3 is 0 Å². The van der Waals surface area contributed by atoms with E-state index in [1.165, 1.54) is 12.1 Å². The lowest BCUT2D eigenvalue weighted by Gasteiger charge is -2.16. The van der Waals surface area contributed by atoms with Gasteiger partial charge < -0.3 is 10.4 Å². The molecule has 1 amide bonds. The SMILES string of the molecule is CC(C)(C)c1nnsc1C(=O)Nc1ccc(O)c(F)c1. The fraction of sp³-hybridized carbons (Fsp3) is 0.308. The van der Waals surface area contributed by atoms with Gasteiger partial charge in [-0.1, -0.05) is 25.3 Å². The van der Waals surface area contributed by atoms with Gasteiger partial charge in [0.05, 0.1) is 5.69 Å². The van der Waals surface area contributed by atoms with Gasteiger partial charge in [-0.2, -0.15) is 0 Å². The van der Waals surface area contributed by atoms with Crippen molar-refractivity contribution in [2.45, 2.75) is 26.2 Å². The van der Waals surface area contributed by atoms with Gasteiger partial charge in [0.15, 0.2) is 11.6 Å². The smallest absolute Gasteiger partial charge is 0.269 e. The Morgan fingerprint density at radius 1 is 1.40 bits per heavy atom. The summed E-state index contributed by atoms with van der Waals surface area (Å²) in [5.41, 5.74) is 0.553. The molecule has 2 N–H and O–H groups in total. The lowest BCUT2D eigenvalue weighted by atomic mass is 9.91. The Labute approximate surface area is 119 Å². The van der Waals surface area contributed by atoms with E-state index in [0.29, 0.717) is 10.6 Å². The molecule has 0 saturated heterocycles. The van der Waals surface area contributed by atoms with Crippen LogP contribution in [0.5, 0.6) is 5.75 Å². The van der Waals surface area contributed by atoms with Gasteiger partial charge in [-0.05, 0) is 23.7 Å². The largest absolute Gasteiger partial charge is 0.505 e. The van der Waals surface area contributed by atoms with Crippen LogP contribution in [0.25, 0.3) is 0 Å². The second-order valence-electron chi connectivity index (χ2n) is 5.32. The molecule has 0 aliphatic heterocycles. The lowest BCUT2D eigenvalue weighted by Crippen LogP contribution is -2.19. The number of carbonyl (C=O) groups is 1. The number of hydrogen-bond acceptors (Lipinski definition) is 5. The summed E-state index contributed by atoms with van der Waals surface area (Å²) in [6.45, 7) is 5.79. The monoisotopic (exact) mass is 295 g/mol. The Balaban J connectivity index is 2.25. The zero-order chi connectivity index (χ0) is 14.9. The van der Waals surface area contributed by atoms with Gasteiger partial charge in [0.2, 0.25) is 0 Å². The molecule has 0 aliphatic carbocycles. The number of nitrogens with zero attached hydrogens (tertiary/aromatic N) is 2. The van der Waals surface area contributed by atoms with E-state index < -0.39 is 17.5 Å². The summed E-state index contributed by atoms with van der Waals surface area (Å²) in [4.78, 5) is 12.6. The molecule has 0 radical (unpaired) electrons. The highest BCUT2D eigenvalue weighted by molar-refractivity contribution is 7.08. The van der Waals surface area contributed by atoms with Crippen molar-refractivity contribution < 1.29 is 14.3 Å². The second kappa shape index (κ2) is 5.16. The van der Waals surface area contributed by atoms with E-state index in [1.54, 1.807) is 0 Å². The summed E-state index contributed by atoms with van der Waals surface area (Å²) in [6, 6.07) is 3.65. The molecule has 0 atom stereocenters. The Hall–Kier alpha value is -2.02. The molecule has 20 heavy (non-hydrogen) atoms. The summed E-state index contributed by atoms with van der Waals surface area (Å²) in [7, 11) is 0. The minimum atomic E-state index is -0.790. The molecule has 0 fully saturated rings. The average Bonchev–Trinajstić information content (AvgIpc) is 2.83. The third kappa shape index (κ3) is 2.93. The van der Waals surface area contributed by atoms with Crippen molar-refractivity contribution in [3.63, 3.8) is 0 Å². The van der Waals surface area contributed by atoms with Crippen LogP contribution >= 0.6 is 11.5 Å². The van der Waals surface area contributed by atoms with Crippen LogP contribution in [0.2, 0.25) is 0 Å². The minimum absolute atomic E-state index is 0.263. The van der Waals surface area contributed by atoms with Crippen LogP contribution in [0, 0.1) is 5.82 Å². The van der Waals surface area contributed by atoms with Gasteiger partial charge in [0.1, 0.15) is 4.88 Å². The average molecular weight is 295 g/mol. The highest BCUT2D eigenvalue weighted by Crippen LogP contribution is 2.27. The molecular weight excluding hydrogens is 281 g/mol. The third-order valence-corrected chi connectivity index (χ3v) is 3.33. The lowest BCUT2D eigenvalue weighted by molar-refractivity contribution is 0.102. The molecular formula is C13H14FN3O2S. The Kier molecular flexibility index (Phi) is 3.71. The van der Waals surface area contributed by atoms with Crippen molar-refractivity contribution in [2.24, 2.45) is 0 Å². The van der Waals surface area contributed by atoms with E-state index in [1.807, 2.05) is 20.8 Å². The van der Waals surface area contributed by atoms with Gasteiger partial charge in [0, 0.05) is 17.2 Å². The minimum Gasteiger partial charge on any atom is -0.505 e. The zero-order valence-corrected chi connectivity index (χ0v) is 12.1. The number of aromatic nitrogens is 2. The number of carbonyl (C=O) groups excluding carboxylic acids is 1. The van der Waals surface area contributed by atoms with Crippen LogP contribution in [0.4, 0.5) is 10.1 Å². The van der Waals surface area contributed by atoms with E-state index in [0.717, 1.165) is 17.6 Å². The summed E-state index contributed by atoms with van der Waals surface area (Å²) in [5, 5.41) is 15.6. The number of nitrogens with one attached hydrogen (secondary N) is 1. The molecule has 106 valence electrons. The molecule has 2 rings (SSSR count). The summed E-state index contributed by atoms with van der Waals surface area (Å²) in [5.74, 6) is -1.64. The molecule has 1 aromatic heterocycles. The number of hydrogen-bond donors (Lipinski definition) is 2. The summed E-state index contributed by atoms with van der Waals surface area (Å²) >= 11 is 0.995. The number of rotatable bonds is 2. The predicted octanol–water partition coefficient (Wildman–Crippen LogP) is 2.93. The molecule has 0 aliphatic rings. The maximum atomic E-state index is 13.2. The van der Waals surface area contributed by atoms with Gasteiger partial charge in [-0.15, -0.1) is 5.10 Å². The number of halogens is 1. The number of phenols is 1. The van der Waals surface area contributed by atoms with Crippen molar-refractivity contribution in [3.05, 3.63) is 34.6 Å². The summed E-state index contributed by atoms with van der Waals surface area (Å²) in [6.07, 6.45) is 0. The molecule has 5 nitrogen and oxygen atoms in total. The first kappa shape index (κ1) is 14.4. The third-order valence-electron chi connectivity index (χ3n) is 2.61. The maximum absolute atomic E-state index is 13.2. The standard InChI is InChI=1S/C13H14FN3O2S/c1-13(2,3)11-10(20-17-16-11)12(19)15-7-4-5-9(18)8(14)6-7/h4-6,18H,1-3H3,(H,15,19). The Morgan fingerprint density at radius 3 is 2.70 bits per heavy atom. The highest BCUT2D eigenvalue weighted by Gasteiger charge is 2.26. The van der Waals surface area contributed by atoms with Crippen molar-refractivity contribution in [1.29, 1.82) is 0 Å². The van der Waals surface area contributed by atoms with Crippen LogP contribution in [0.1, 0.15) is 36.1 Å². The Morgan fingerprint density at radius 2 is 2.10 bits per heavy atom. The summed E-state index contributed by atoms with van der Waals surface area (Å²) < 4.78 is 17.0. The maximum Gasteiger partial charge on any atom is 0.269 e. The molecule has 0 spiro atoms. The first-order valence-corrected chi connectivity index (χ1v) is 6.69. The Bertz CT molecular complexity index is 649. The highest BCUT2D eigenvalue weighted by atomic mass is 32.1. The zero-order valence-electron chi connectivity index (χ0n) is 11.3. The van der Waals surface area contributed by atoms with Crippen molar-refractivity contribution in [2.75, 3.05) is 5.32 Å². The van der Waals surface area contributed by atoms with Crippen LogP contribution in [0.15, 0.2) is 18.2 Å². The van der Waals surface area contributed by atoms with E-state index >= 15 is 0 Å².